The molecular weight excluding hydrogens is 362 g/mol. The molecule has 9 heteroatoms. The molecule has 1 aliphatic heterocycles. The van der Waals surface area contributed by atoms with Gasteiger partial charge in [0.1, 0.15) is 6.54 Å². The maximum Gasteiger partial charge on any atom is 0.333 e. The largest absolute Gasteiger partial charge is 0.468 e. The average molecular weight is 389 g/mol. The summed E-state index contributed by atoms with van der Waals surface area (Å²) in [6.45, 7) is 3.33. The first-order chi connectivity index (χ1) is 13.4. The average Bonchev–Trinajstić information content (AvgIpc) is 3.09. The van der Waals surface area contributed by atoms with Gasteiger partial charge in [0.25, 0.3) is 5.56 Å². The van der Waals surface area contributed by atoms with Crippen molar-refractivity contribution in [3.05, 3.63) is 20.8 Å². The monoisotopic (exact) mass is 389 g/mol. The van der Waals surface area contributed by atoms with Gasteiger partial charge in [-0.1, -0.05) is 26.2 Å². The van der Waals surface area contributed by atoms with E-state index in [1.807, 2.05) is 4.57 Å². The molecule has 0 aromatic carbocycles. The maximum absolute atomic E-state index is 13.1. The number of imidazole rings is 1. The fraction of sp³-hybridized carbons (Fsp3) is 0.684. The Bertz CT molecular complexity index is 1030. The number of esters is 1. The summed E-state index contributed by atoms with van der Waals surface area (Å²) in [7, 11) is 2.83. The molecule has 1 atom stereocenters. The molecule has 0 N–H and O–H groups in total. The molecule has 0 spiro atoms. The zero-order chi connectivity index (χ0) is 20.0. The quantitative estimate of drug-likeness (QED) is 0.723. The summed E-state index contributed by atoms with van der Waals surface area (Å²) in [6, 6.07) is 0.418. The minimum atomic E-state index is -0.630. The van der Waals surface area contributed by atoms with E-state index in [1.165, 1.54) is 30.9 Å². The lowest BCUT2D eigenvalue weighted by molar-refractivity contribution is -0.141. The lowest BCUT2D eigenvalue weighted by atomic mass is 9.93. The van der Waals surface area contributed by atoms with Crippen molar-refractivity contribution in [2.24, 2.45) is 13.0 Å². The minimum Gasteiger partial charge on any atom is -0.468 e. The van der Waals surface area contributed by atoms with Crippen molar-refractivity contribution in [1.29, 1.82) is 0 Å². The smallest absolute Gasteiger partial charge is 0.333 e. The molecular formula is C19H27N5O4. The molecule has 28 heavy (non-hydrogen) atoms. The van der Waals surface area contributed by atoms with Gasteiger partial charge in [-0.15, -0.1) is 0 Å². The number of aryl methyl sites for hydroxylation is 1. The van der Waals surface area contributed by atoms with Crippen molar-refractivity contribution >= 4 is 23.1 Å². The molecule has 0 bridgehead atoms. The Morgan fingerprint density at radius 3 is 2.57 bits per heavy atom. The number of anilines is 1. The van der Waals surface area contributed by atoms with E-state index in [0.717, 1.165) is 29.9 Å². The second kappa shape index (κ2) is 7.10. The van der Waals surface area contributed by atoms with Crippen LogP contribution in [0.3, 0.4) is 0 Å². The van der Waals surface area contributed by atoms with Gasteiger partial charge in [0.2, 0.25) is 5.95 Å². The van der Waals surface area contributed by atoms with Gasteiger partial charge < -0.3 is 14.2 Å². The highest BCUT2D eigenvalue weighted by atomic mass is 16.5. The number of carbonyl (C=O) groups is 1. The molecule has 152 valence electrons. The van der Waals surface area contributed by atoms with Crippen LogP contribution in [0.5, 0.6) is 0 Å². The molecule has 0 amide bonds. The van der Waals surface area contributed by atoms with Gasteiger partial charge in [0, 0.05) is 26.2 Å². The summed E-state index contributed by atoms with van der Waals surface area (Å²) in [5.41, 5.74) is -0.287. The highest BCUT2D eigenvalue weighted by Gasteiger charge is 2.33. The predicted molar refractivity (Wildman–Crippen MR) is 105 cm³/mol. The van der Waals surface area contributed by atoms with E-state index in [0.29, 0.717) is 29.7 Å². The third kappa shape index (κ3) is 2.93. The third-order valence-electron chi connectivity index (χ3n) is 6.00. The van der Waals surface area contributed by atoms with Crippen LogP contribution in [0.2, 0.25) is 0 Å². The van der Waals surface area contributed by atoms with Crippen LogP contribution in [0, 0.1) is 5.92 Å². The number of aromatic nitrogens is 4. The Morgan fingerprint density at radius 2 is 1.89 bits per heavy atom. The zero-order valence-electron chi connectivity index (χ0n) is 16.7. The van der Waals surface area contributed by atoms with Gasteiger partial charge in [-0.3, -0.25) is 14.2 Å². The fourth-order valence-electron chi connectivity index (χ4n) is 4.58. The molecule has 2 aliphatic rings. The van der Waals surface area contributed by atoms with Crippen LogP contribution in [-0.2, 0) is 29.7 Å². The summed E-state index contributed by atoms with van der Waals surface area (Å²) in [5, 5.41) is 0. The van der Waals surface area contributed by atoms with Gasteiger partial charge in [-0.05, 0) is 18.8 Å². The summed E-state index contributed by atoms with van der Waals surface area (Å²) >= 11 is 0. The van der Waals surface area contributed by atoms with Crippen LogP contribution >= 0.6 is 0 Å². The van der Waals surface area contributed by atoms with Crippen molar-refractivity contribution < 1.29 is 9.53 Å². The summed E-state index contributed by atoms with van der Waals surface area (Å²) < 4.78 is 8.88. The van der Waals surface area contributed by atoms with Crippen molar-refractivity contribution in [3.8, 4) is 0 Å². The minimum absolute atomic E-state index is 0.359. The van der Waals surface area contributed by atoms with Gasteiger partial charge >= 0.3 is 11.7 Å². The highest BCUT2D eigenvalue weighted by Crippen LogP contribution is 2.32. The van der Waals surface area contributed by atoms with Gasteiger partial charge in [-0.2, -0.15) is 4.98 Å². The van der Waals surface area contributed by atoms with Crippen molar-refractivity contribution in [1.82, 2.24) is 18.7 Å². The number of hydrogen-bond donors (Lipinski definition) is 0. The van der Waals surface area contributed by atoms with Crippen molar-refractivity contribution in [2.45, 2.75) is 58.2 Å². The van der Waals surface area contributed by atoms with Crippen molar-refractivity contribution in [3.63, 3.8) is 0 Å². The fourth-order valence-corrected chi connectivity index (χ4v) is 4.58. The van der Waals surface area contributed by atoms with Crippen molar-refractivity contribution in [2.75, 3.05) is 18.6 Å². The Balaban J connectivity index is 1.91. The van der Waals surface area contributed by atoms with E-state index < -0.39 is 23.8 Å². The van der Waals surface area contributed by atoms with Crippen LogP contribution < -0.4 is 16.1 Å². The topological polar surface area (TPSA) is 91.4 Å². The molecule has 0 radical (unpaired) electrons. The molecule has 4 rings (SSSR count). The van der Waals surface area contributed by atoms with E-state index in [4.69, 9.17) is 4.98 Å². The standard InChI is InChI=1S/C19H27N5O4/c1-12-9-22(13-7-5-4-6-8-13)18-20-16-15(23(18)10-12)17(26)24(11-14(25)28-3)19(27)21(16)2/h12-13H,4-11H2,1-3H3. The molecule has 9 nitrogen and oxygen atoms in total. The maximum atomic E-state index is 13.1. The zero-order valence-corrected chi connectivity index (χ0v) is 16.7. The molecule has 2 aromatic rings. The predicted octanol–water partition coefficient (Wildman–Crippen LogP) is 0.858. The molecule has 1 aliphatic carbocycles. The number of nitrogens with zero attached hydrogens (tertiary/aromatic N) is 5. The third-order valence-corrected chi connectivity index (χ3v) is 6.00. The van der Waals surface area contributed by atoms with E-state index >= 15 is 0 Å². The van der Waals surface area contributed by atoms with E-state index in [1.54, 1.807) is 7.05 Å². The van der Waals surface area contributed by atoms with Crippen LogP contribution in [0.25, 0.3) is 11.2 Å². The SMILES string of the molecule is COC(=O)Cn1c(=O)c2c(nc3n2CC(C)CN3C2CCCCC2)n(C)c1=O. The molecule has 0 saturated heterocycles. The Labute approximate surface area is 162 Å². The Morgan fingerprint density at radius 1 is 1.18 bits per heavy atom. The first-order valence-corrected chi connectivity index (χ1v) is 9.96. The normalized spacial score (nSPS) is 20.4. The molecule has 1 fully saturated rings. The number of methoxy groups -OCH3 is 1. The van der Waals surface area contributed by atoms with Crippen LogP contribution in [-0.4, -0.2) is 44.4 Å². The number of ether oxygens (including phenoxy) is 1. The number of fused-ring (bicyclic) bond motifs is 3. The van der Waals surface area contributed by atoms with Crippen LogP contribution in [0.4, 0.5) is 5.95 Å². The number of carbonyl (C=O) groups excluding carboxylic acids is 1. The second-order valence-electron chi connectivity index (χ2n) is 8.05. The molecule has 1 saturated carbocycles. The Hall–Kier alpha value is -2.58. The molecule has 3 heterocycles. The summed E-state index contributed by atoms with van der Waals surface area (Å²) in [6.07, 6.45) is 5.94. The Kier molecular flexibility index (Phi) is 4.76. The lowest BCUT2D eigenvalue weighted by Gasteiger charge is -2.40. The van der Waals surface area contributed by atoms with Crippen LogP contribution in [0.15, 0.2) is 9.59 Å². The van der Waals surface area contributed by atoms with E-state index in [2.05, 4.69) is 16.6 Å². The first-order valence-electron chi connectivity index (χ1n) is 9.96. The molecule has 1 unspecified atom stereocenters. The lowest BCUT2D eigenvalue weighted by Crippen LogP contribution is -2.45. The van der Waals surface area contributed by atoms with Gasteiger partial charge in [-0.25, -0.2) is 9.36 Å². The second-order valence-corrected chi connectivity index (χ2v) is 8.05. The van der Waals surface area contributed by atoms with Crippen LogP contribution in [0.1, 0.15) is 39.0 Å². The number of hydrogen-bond acceptors (Lipinski definition) is 6. The van der Waals surface area contributed by atoms with E-state index in [-0.39, 0.29) is 0 Å². The van der Waals surface area contributed by atoms with Gasteiger partial charge in [0.15, 0.2) is 11.2 Å². The number of rotatable bonds is 3. The highest BCUT2D eigenvalue weighted by molar-refractivity contribution is 5.76. The first kappa shape index (κ1) is 18.8. The summed E-state index contributed by atoms with van der Waals surface area (Å²) in [5.74, 6) is 0.495. The van der Waals surface area contributed by atoms with E-state index in [9.17, 15) is 14.4 Å². The summed E-state index contributed by atoms with van der Waals surface area (Å²) in [4.78, 5) is 44.6. The molecule has 2 aromatic heterocycles. The van der Waals surface area contributed by atoms with Gasteiger partial charge in [0.05, 0.1) is 7.11 Å².